The van der Waals surface area contributed by atoms with E-state index >= 15 is 0 Å². The van der Waals surface area contributed by atoms with Crippen molar-refractivity contribution in [3.63, 3.8) is 0 Å². The molecule has 0 bridgehead atoms. The predicted molar refractivity (Wildman–Crippen MR) is 201 cm³/mol. The van der Waals surface area contributed by atoms with Crippen molar-refractivity contribution in [1.82, 2.24) is 0 Å². The van der Waals surface area contributed by atoms with Crippen molar-refractivity contribution < 1.29 is 14.2 Å². The number of hydrogen-bond donors (Lipinski definition) is 0. The van der Waals surface area contributed by atoms with Gasteiger partial charge < -0.3 is 0 Å². The molecule has 2 saturated carbocycles. The average Bonchev–Trinajstić information content (AvgIpc) is 3.87. The summed E-state index contributed by atoms with van der Waals surface area (Å²) in [6.07, 6.45) is 22.0. The Morgan fingerprint density at radius 1 is 0.543 bits per heavy atom. The molecule has 2 fully saturated rings. The molecule has 8 rings (SSSR count). The van der Waals surface area contributed by atoms with Crippen molar-refractivity contribution in [3.8, 4) is 22.3 Å². The monoisotopic (exact) mass is 788 g/mol. The molecule has 0 nitrogen and oxygen atoms in total. The van der Waals surface area contributed by atoms with Crippen LogP contribution in [-0.4, -0.2) is 6.94 Å². The van der Waals surface area contributed by atoms with Gasteiger partial charge >= 0.3 is 275 Å². The fourth-order valence-corrected chi connectivity index (χ4v) is 76.5. The van der Waals surface area contributed by atoms with Gasteiger partial charge in [0.25, 0.3) is 0 Å². The first kappa shape index (κ1) is 30.8. The first-order valence-corrected chi connectivity index (χ1v) is 42.1. The zero-order valence-electron chi connectivity index (χ0n) is 28.6. The third-order valence-electron chi connectivity index (χ3n) is 15.6. The van der Waals surface area contributed by atoms with Crippen molar-refractivity contribution in [2.75, 3.05) is 0 Å². The van der Waals surface area contributed by atoms with Crippen molar-refractivity contribution in [2.24, 2.45) is 0 Å². The van der Waals surface area contributed by atoms with Crippen molar-refractivity contribution in [2.45, 2.75) is 89.3 Å². The van der Waals surface area contributed by atoms with Gasteiger partial charge in [-0.25, -0.2) is 0 Å². The summed E-state index contributed by atoms with van der Waals surface area (Å²) in [5.41, 5.74) is 14.5. The van der Waals surface area contributed by atoms with Crippen LogP contribution < -0.4 is 0 Å². The second-order valence-corrected chi connectivity index (χ2v) is 91.9. The number of hydrogen-bond acceptors (Lipinski definition) is 0. The Bertz CT molecular complexity index is 1940. The van der Waals surface area contributed by atoms with Gasteiger partial charge in [-0.05, 0) is 0 Å². The van der Waals surface area contributed by atoms with E-state index in [1.807, 2.05) is 0 Å². The second-order valence-electron chi connectivity index (χ2n) is 18.3. The summed E-state index contributed by atoms with van der Waals surface area (Å²) in [5.74, 6) is 0. The molecule has 2 heteroatoms. The Morgan fingerprint density at radius 2 is 0.935 bits per heavy atom. The molecule has 0 saturated heterocycles. The molecule has 0 spiro atoms. The van der Waals surface area contributed by atoms with E-state index in [1.54, 1.807) is 11.1 Å². The summed E-state index contributed by atoms with van der Waals surface area (Å²) in [6, 6.07) is 33.0. The second kappa shape index (κ2) is 9.76. The minimum absolute atomic E-state index is 0.497. The van der Waals surface area contributed by atoms with Gasteiger partial charge in [-0.2, -0.15) is 0 Å². The Kier molecular flexibility index (Phi) is 6.52. The summed E-state index contributed by atoms with van der Waals surface area (Å²) in [6.45, 7) is 7.16. The molecule has 4 aromatic rings. The average molecular weight is 787 g/mol. The van der Waals surface area contributed by atoms with Gasteiger partial charge in [-0.3, -0.25) is 0 Å². The third kappa shape index (κ3) is 3.81. The molecule has 0 heterocycles. The summed E-state index contributed by atoms with van der Waals surface area (Å²) in [7, 11) is 0. The van der Waals surface area contributed by atoms with Gasteiger partial charge in [0, 0.05) is 0 Å². The Morgan fingerprint density at radius 3 is 1.33 bits per heavy atom. The molecule has 236 valence electrons. The van der Waals surface area contributed by atoms with Crippen LogP contribution in [0.4, 0.5) is 0 Å². The number of benzene rings is 4. The molecule has 46 heavy (non-hydrogen) atoms. The van der Waals surface area contributed by atoms with Crippen LogP contribution in [0.25, 0.3) is 34.4 Å². The van der Waals surface area contributed by atoms with E-state index in [4.69, 9.17) is 0 Å². The molecular formula is C44H52HfSi. The van der Waals surface area contributed by atoms with Gasteiger partial charge in [0.2, 0.25) is 0 Å². The topological polar surface area (TPSA) is 0 Å². The van der Waals surface area contributed by atoms with Crippen LogP contribution in [0.5, 0.6) is 0 Å². The molecule has 4 aliphatic rings. The first-order valence-electron chi connectivity index (χ1n) is 18.3. The SMILES string of the molecule is Cc1cccc(-c2cccc3c2C=C[CH]3[Hf]([CH3])([CH3])(=[SiH2])([CH]2CCCC2)([CH]2CCCC2)[CH]2C=Cc3c(-c4cccc(C)c4)cccc32)c1. The molecule has 4 aliphatic carbocycles. The van der Waals surface area contributed by atoms with E-state index in [9.17, 15) is 0 Å². The molecule has 0 radical (unpaired) electrons. The Hall–Kier alpha value is -2.55. The molecule has 0 aliphatic heterocycles. The fourth-order valence-electron chi connectivity index (χ4n) is 13.0. The Balaban J connectivity index is 1.44. The third-order valence-corrected chi connectivity index (χ3v) is 85.9. The van der Waals surface area contributed by atoms with E-state index in [0.29, 0.717) is 7.35 Å². The molecule has 0 N–H and O–H groups in total. The van der Waals surface area contributed by atoms with Crippen LogP contribution in [0.1, 0.15) is 92.1 Å². The summed E-state index contributed by atoms with van der Waals surface area (Å²) in [5, 5.41) is 0. The van der Waals surface area contributed by atoms with Gasteiger partial charge in [0.1, 0.15) is 0 Å². The van der Waals surface area contributed by atoms with Crippen molar-refractivity contribution in [1.29, 1.82) is 0 Å². The summed E-state index contributed by atoms with van der Waals surface area (Å²) >= 11 is -5.27. The van der Waals surface area contributed by atoms with Crippen LogP contribution in [0, 0.1) is 13.8 Å². The molecule has 0 aromatic heterocycles. The van der Waals surface area contributed by atoms with E-state index in [0.717, 1.165) is 7.35 Å². The predicted octanol–water partition coefficient (Wildman–Crippen LogP) is 12.6. The molecule has 2 atom stereocenters. The first-order chi connectivity index (χ1) is 22.0. The normalized spacial score (nSPS) is 23.5. The quantitative estimate of drug-likeness (QED) is 0.171. The van der Waals surface area contributed by atoms with Crippen LogP contribution >= 0.6 is 0 Å². The maximum absolute atomic E-state index is 5.27. The Labute approximate surface area is 273 Å². The minimum atomic E-state index is -5.27. The van der Waals surface area contributed by atoms with Crippen molar-refractivity contribution in [3.05, 3.63) is 130 Å². The van der Waals surface area contributed by atoms with E-state index in [2.05, 4.69) is 139 Å². The summed E-state index contributed by atoms with van der Waals surface area (Å²) < 4.78 is 8.74. The number of allylic oxidation sites excluding steroid dienone is 2. The van der Waals surface area contributed by atoms with Gasteiger partial charge in [-0.1, -0.05) is 0 Å². The number of rotatable bonds is 6. The van der Waals surface area contributed by atoms with Gasteiger partial charge in [-0.15, -0.1) is 0 Å². The molecule has 0 amide bonds. The van der Waals surface area contributed by atoms with Crippen LogP contribution in [-0.2, 0) is 14.2 Å². The zero-order chi connectivity index (χ0) is 31.8. The van der Waals surface area contributed by atoms with Crippen LogP contribution in [0.2, 0.25) is 16.7 Å². The maximum atomic E-state index is 3.07. The van der Waals surface area contributed by atoms with Crippen LogP contribution in [0.3, 0.4) is 0 Å². The number of fused-ring (bicyclic) bond motifs is 2. The molecular weight excluding hydrogens is 735 g/mol. The standard InChI is InChI=1S/2C16H13.2C5H9.2CH3.Hf.H2Si/c2*1-12-5-2-8-14(11-12)16-10-4-7-13-6-3-9-15(13)16;2*1-2-4-5-3-1;;;;/h2*2-11H,1H3;2*1H,2-5H2;2*1H3;;1H2. The van der Waals surface area contributed by atoms with E-state index < -0.39 is 14.2 Å². The summed E-state index contributed by atoms with van der Waals surface area (Å²) in [4.78, 5) is 0. The van der Waals surface area contributed by atoms with Gasteiger partial charge in [0.05, 0.1) is 0 Å². The molecule has 2 unspecified atom stereocenters. The molecule has 4 aromatic carbocycles. The van der Waals surface area contributed by atoms with Gasteiger partial charge in [0.15, 0.2) is 0 Å². The van der Waals surface area contributed by atoms with Crippen molar-refractivity contribution >= 4 is 19.1 Å². The van der Waals surface area contributed by atoms with E-state index in [1.165, 1.54) is 95.9 Å². The van der Waals surface area contributed by atoms with Crippen LogP contribution in [0.15, 0.2) is 97.1 Å². The zero-order valence-corrected chi connectivity index (χ0v) is 33.6. The van der Waals surface area contributed by atoms with E-state index in [-0.39, 0.29) is 0 Å². The fraction of sp³-hybridized carbons (Fsp3) is 0.364. The number of aryl methyl sites for hydroxylation is 2.